The van der Waals surface area contributed by atoms with Gasteiger partial charge < -0.3 is 4.57 Å². The maximum absolute atomic E-state index is 13.3. The number of hydrogen-bond acceptors (Lipinski definition) is 5. The zero-order valence-electron chi connectivity index (χ0n) is 21.0. The molecule has 8 heteroatoms. The minimum Gasteiger partial charge on any atom is -0.330 e. The van der Waals surface area contributed by atoms with E-state index in [1.807, 2.05) is 45.2 Å². The van der Waals surface area contributed by atoms with Crippen molar-refractivity contribution in [1.29, 1.82) is 5.26 Å². The van der Waals surface area contributed by atoms with Crippen LogP contribution in [-0.4, -0.2) is 23.5 Å². The molecular formula is C26H34N4O2S2. The number of hydrogen-bond donors (Lipinski definition) is 1. The Morgan fingerprint density at radius 1 is 1.18 bits per heavy atom. The van der Waals surface area contributed by atoms with Gasteiger partial charge in [-0.1, -0.05) is 39.8 Å². The van der Waals surface area contributed by atoms with Crippen molar-refractivity contribution >= 4 is 21.4 Å². The predicted molar refractivity (Wildman–Crippen MR) is 139 cm³/mol. The Bertz CT molecular complexity index is 1300. The Morgan fingerprint density at radius 2 is 1.88 bits per heavy atom. The highest BCUT2D eigenvalue weighted by Gasteiger charge is 2.28. The van der Waals surface area contributed by atoms with E-state index in [4.69, 9.17) is 0 Å². The summed E-state index contributed by atoms with van der Waals surface area (Å²) >= 11 is 1.31. The molecule has 0 atom stereocenters. The maximum Gasteiger partial charge on any atom is 0.251 e. The van der Waals surface area contributed by atoms with Crippen molar-refractivity contribution in [2.24, 2.45) is 5.92 Å². The molecular weight excluding hydrogens is 464 g/mol. The third-order valence-electron chi connectivity index (χ3n) is 5.19. The molecule has 0 aliphatic rings. The van der Waals surface area contributed by atoms with Crippen LogP contribution in [-0.2, 0) is 23.0 Å². The summed E-state index contributed by atoms with van der Waals surface area (Å²) in [5.74, 6) is 1.64. The van der Waals surface area contributed by atoms with Crippen LogP contribution < -0.4 is 4.72 Å². The van der Waals surface area contributed by atoms with Crippen molar-refractivity contribution in [2.45, 2.75) is 77.1 Å². The van der Waals surface area contributed by atoms with Crippen LogP contribution in [0.3, 0.4) is 0 Å². The summed E-state index contributed by atoms with van der Waals surface area (Å²) < 4.78 is 31.7. The van der Waals surface area contributed by atoms with Crippen LogP contribution in [0.15, 0.2) is 40.9 Å². The molecule has 182 valence electrons. The molecule has 0 spiro atoms. The fourth-order valence-corrected chi connectivity index (χ4v) is 7.27. The fraction of sp³-hybridized carbons (Fsp3) is 0.462. The summed E-state index contributed by atoms with van der Waals surface area (Å²) in [6, 6.07) is 9.91. The molecule has 3 aromatic rings. The van der Waals surface area contributed by atoms with Crippen molar-refractivity contribution < 1.29 is 8.42 Å². The Labute approximate surface area is 207 Å². The zero-order chi connectivity index (χ0) is 25.3. The van der Waals surface area contributed by atoms with Gasteiger partial charge in [-0.25, -0.2) is 18.1 Å². The third-order valence-corrected chi connectivity index (χ3v) is 8.64. The molecule has 2 aromatic heterocycles. The second kappa shape index (κ2) is 10.0. The number of rotatable bonds is 8. The molecule has 0 saturated carbocycles. The van der Waals surface area contributed by atoms with Gasteiger partial charge in [0.25, 0.3) is 10.0 Å². The predicted octanol–water partition coefficient (Wildman–Crippen LogP) is 5.93. The molecule has 3 rings (SSSR count). The minimum atomic E-state index is -3.72. The third kappa shape index (κ3) is 6.15. The molecule has 1 N–H and O–H groups in total. The maximum atomic E-state index is 13.3. The van der Waals surface area contributed by atoms with Gasteiger partial charge in [0.1, 0.15) is 10.0 Å². The van der Waals surface area contributed by atoms with Crippen LogP contribution in [0.2, 0.25) is 0 Å². The van der Waals surface area contributed by atoms with Crippen LogP contribution in [0.25, 0.3) is 11.1 Å². The van der Waals surface area contributed by atoms with E-state index in [2.05, 4.69) is 48.0 Å². The highest BCUT2D eigenvalue weighted by Crippen LogP contribution is 2.37. The van der Waals surface area contributed by atoms with E-state index in [-0.39, 0.29) is 5.92 Å². The first-order valence-electron chi connectivity index (χ1n) is 11.5. The molecule has 6 nitrogen and oxygen atoms in total. The molecule has 0 fully saturated rings. The van der Waals surface area contributed by atoms with E-state index in [1.165, 1.54) is 11.3 Å². The first-order valence-corrected chi connectivity index (χ1v) is 13.8. The van der Waals surface area contributed by atoms with E-state index in [0.29, 0.717) is 27.8 Å². The van der Waals surface area contributed by atoms with Crippen LogP contribution >= 0.6 is 11.3 Å². The van der Waals surface area contributed by atoms with Gasteiger partial charge in [0.15, 0.2) is 0 Å². The van der Waals surface area contributed by atoms with Gasteiger partial charge in [0.2, 0.25) is 0 Å². The molecule has 0 bridgehead atoms. The molecule has 1 aromatic carbocycles. The number of nitrogens with zero attached hydrogens (tertiary/aromatic N) is 3. The lowest BCUT2D eigenvalue weighted by molar-refractivity contribution is 0.493. The fourth-order valence-electron chi connectivity index (χ4n) is 3.90. The van der Waals surface area contributed by atoms with E-state index < -0.39 is 15.6 Å². The Morgan fingerprint density at radius 3 is 2.47 bits per heavy atom. The van der Waals surface area contributed by atoms with Gasteiger partial charge in [-0.2, -0.15) is 5.26 Å². The SMILES string of the molecule is CC(C)Cc1cc(-c2ccc(Cn3ccnc3C(C)C)c(C#N)c2)c(S(=O)(=O)NC(C)(C)C)s1. The Hall–Kier alpha value is -2.47. The summed E-state index contributed by atoms with van der Waals surface area (Å²) in [5, 5.41) is 9.90. The second-order valence-electron chi connectivity index (χ2n) is 10.4. The van der Waals surface area contributed by atoms with Crippen molar-refractivity contribution in [3.63, 3.8) is 0 Å². The molecule has 0 unspecified atom stereocenters. The molecule has 2 heterocycles. The van der Waals surface area contributed by atoms with Gasteiger partial charge in [-0.05, 0) is 56.4 Å². The van der Waals surface area contributed by atoms with Gasteiger partial charge in [0.05, 0.1) is 18.2 Å². The zero-order valence-corrected chi connectivity index (χ0v) is 22.6. The largest absolute Gasteiger partial charge is 0.330 e. The highest BCUT2D eigenvalue weighted by atomic mass is 32.2. The normalized spacial score (nSPS) is 12.5. The monoisotopic (exact) mass is 498 g/mol. The van der Waals surface area contributed by atoms with E-state index in [9.17, 15) is 13.7 Å². The molecule has 0 radical (unpaired) electrons. The van der Waals surface area contributed by atoms with Gasteiger partial charge in [-0.15, -0.1) is 11.3 Å². The summed E-state index contributed by atoms with van der Waals surface area (Å²) in [6.45, 7) is 14.4. The molecule has 34 heavy (non-hydrogen) atoms. The number of nitrogens with one attached hydrogen (secondary N) is 1. The van der Waals surface area contributed by atoms with E-state index >= 15 is 0 Å². The number of nitriles is 1. The molecule has 0 amide bonds. The Kier molecular flexibility index (Phi) is 7.71. The van der Waals surface area contributed by atoms with E-state index in [1.54, 1.807) is 12.3 Å². The highest BCUT2D eigenvalue weighted by molar-refractivity contribution is 7.91. The topological polar surface area (TPSA) is 87.8 Å². The number of thiophene rings is 1. The average molecular weight is 499 g/mol. The minimum absolute atomic E-state index is 0.271. The smallest absolute Gasteiger partial charge is 0.251 e. The molecule has 0 saturated heterocycles. The van der Waals surface area contributed by atoms with Crippen LogP contribution in [0.5, 0.6) is 0 Å². The summed E-state index contributed by atoms with van der Waals surface area (Å²) in [7, 11) is -3.72. The summed E-state index contributed by atoms with van der Waals surface area (Å²) in [4.78, 5) is 5.45. The number of benzene rings is 1. The van der Waals surface area contributed by atoms with Crippen molar-refractivity contribution in [3.05, 3.63) is 58.5 Å². The lowest BCUT2D eigenvalue weighted by atomic mass is 10.00. The van der Waals surface area contributed by atoms with Crippen molar-refractivity contribution in [3.8, 4) is 17.2 Å². The second-order valence-corrected chi connectivity index (χ2v) is 13.4. The lowest BCUT2D eigenvalue weighted by Crippen LogP contribution is -2.40. The van der Waals surface area contributed by atoms with Crippen molar-refractivity contribution in [2.75, 3.05) is 0 Å². The Balaban J connectivity index is 2.07. The number of sulfonamides is 1. The molecule has 0 aliphatic carbocycles. The van der Waals surface area contributed by atoms with Gasteiger partial charge in [-0.3, -0.25) is 0 Å². The standard InChI is InChI=1S/C26H34N4O2S2/c1-17(2)12-22-14-23(25(33-22)34(31,32)29-26(5,6)7)19-8-9-20(21(13-19)15-27)16-30-11-10-28-24(30)18(3)4/h8-11,13-14,17-18,29H,12,16H2,1-7H3. The van der Waals surface area contributed by atoms with Crippen LogP contribution in [0.1, 0.15) is 76.2 Å². The van der Waals surface area contributed by atoms with Gasteiger partial charge in [0, 0.05) is 34.3 Å². The van der Waals surface area contributed by atoms with Crippen molar-refractivity contribution in [1.82, 2.24) is 14.3 Å². The number of imidazole rings is 1. The quantitative estimate of drug-likeness (QED) is 0.417. The van der Waals surface area contributed by atoms with Crippen LogP contribution in [0.4, 0.5) is 0 Å². The number of aromatic nitrogens is 2. The average Bonchev–Trinajstić information content (AvgIpc) is 3.33. The first kappa shape index (κ1) is 26.1. The lowest BCUT2D eigenvalue weighted by Gasteiger charge is -2.20. The van der Waals surface area contributed by atoms with Gasteiger partial charge >= 0.3 is 0 Å². The van der Waals surface area contributed by atoms with Crippen LogP contribution in [0, 0.1) is 17.2 Å². The van der Waals surface area contributed by atoms with E-state index in [0.717, 1.165) is 28.2 Å². The first-order chi connectivity index (χ1) is 15.8. The molecule has 0 aliphatic heterocycles. The summed E-state index contributed by atoms with van der Waals surface area (Å²) in [5.41, 5.74) is 2.19. The summed E-state index contributed by atoms with van der Waals surface area (Å²) in [6.07, 6.45) is 4.49.